The van der Waals surface area contributed by atoms with Gasteiger partial charge in [0.15, 0.2) is 0 Å². The van der Waals surface area contributed by atoms with Gasteiger partial charge in [0.25, 0.3) is 0 Å². The standard InChI is InChI=1S/C16H14BrF3N2O4S/c17-11-1-6-15(21-9-11)25-13-7-8-22(10-13)27(23,24)14-4-2-12(3-5-14)26-16(18,19)20/h1-6,9,13H,7-8,10H2. The molecule has 6 nitrogen and oxygen atoms in total. The highest BCUT2D eigenvalue weighted by Gasteiger charge is 2.34. The van der Waals surface area contributed by atoms with Crippen LogP contribution in [0.3, 0.4) is 0 Å². The number of rotatable bonds is 5. The minimum absolute atomic E-state index is 0.112. The number of nitrogens with zero attached hydrogens (tertiary/aromatic N) is 2. The lowest BCUT2D eigenvalue weighted by Crippen LogP contribution is -2.31. The van der Waals surface area contributed by atoms with Gasteiger partial charge in [-0.3, -0.25) is 0 Å². The third-order valence-corrected chi connectivity index (χ3v) is 6.14. The Morgan fingerprint density at radius 2 is 1.85 bits per heavy atom. The molecule has 0 saturated carbocycles. The molecule has 27 heavy (non-hydrogen) atoms. The van der Waals surface area contributed by atoms with Crippen molar-refractivity contribution in [3.63, 3.8) is 0 Å². The molecule has 1 atom stereocenters. The summed E-state index contributed by atoms with van der Waals surface area (Å²) >= 11 is 3.26. The quantitative estimate of drug-likeness (QED) is 0.673. The van der Waals surface area contributed by atoms with E-state index in [1.807, 2.05) is 0 Å². The number of hydrogen-bond acceptors (Lipinski definition) is 5. The van der Waals surface area contributed by atoms with Gasteiger partial charge in [0.1, 0.15) is 11.9 Å². The predicted octanol–water partition coefficient (Wildman–Crippen LogP) is 3.58. The average molecular weight is 467 g/mol. The lowest BCUT2D eigenvalue weighted by atomic mass is 10.3. The lowest BCUT2D eigenvalue weighted by molar-refractivity contribution is -0.274. The Bertz CT molecular complexity index is 889. The Morgan fingerprint density at radius 3 is 2.44 bits per heavy atom. The summed E-state index contributed by atoms with van der Waals surface area (Å²) in [7, 11) is -3.84. The number of halogens is 4. The molecule has 1 unspecified atom stereocenters. The summed E-state index contributed by atoms with van der Waals surface area (Å²) in [6.45, 7) is 0.366. The summed E-state index contributed by atoms with van der Waals surface area (Å²) in [4.78, 5) is 3.97. The maximum Gasteiger partial charge on any atom is 0.573 e. The van der Waals surface area contributed by atoms with Gasteiger partial charge in [0, 0.05) is 23.3 Å². The maximum absolute atomic E-state index is 12.7. The first kappa shape index (κ1) is 19.9. The second-order valence-electron chi connectivity index (χ2n) is 5.73. The van der Waals surface area contributed by atoms with Crippen LogP contribution in [0.15, 0.2) is 52.0 Å². The molecule has 0 bridgehead atoms. The van der Waals surface area contributed by atoms with E-state index in [2.05, 4.69) is 25.7 Å². The number of ether oxygens (including phenoxy) is 2. The first-order valence-corrected chi connectivity index (χ1v) is 10.0. The zero-order valence-corrected chi connectivity index (χ0v) is 16.1. The SMILES string of the molecule is O=S(=O)(c1ccc(OC(F)(F)F)cc1)N1CCC(Oc2ccc(Br)cn2)C1. The van der Waals surface area contributed by atoms with Crippen LogP contribution in [0.25, 0.3) is 0 Å². The van der Waals surface area contributed by atoms with Crippen LogP contribution in [0.5, 0.6) is 11.6 Å². The minimum atomic E-state index is -4.83. The van der Waals surface area contributed by atoms with Crippen LogP contribution in [0.2, 0.25) is 0 Å². The molecule has 11 heteroatoms. The van der Waals surface area contributed by atoms with Crippen molar-refractivity contribution in [1.82, 2.24) is 9.29 Å². The number of pyridine rings is 1. The van der Waals surface area contributed by atoms with Crippen molar-refractivity contribution in [2.24, 2.45) is 0 Å². The second-order valence-corrected chi connectivity index (χ2v) is 8.58. The van der Waals surface area contributed by atoms with Gasteiger partial charge < -0.3 is 9.47 Å². The van der Waals surface area contributed by atoms with Gasteiger partial charge in [0.2, 0.25) is 15.9 Å². The summed E-state index contributed by atoms with van der Waals surface area (Å²) in [5, 5.41) is 0. The van der Waals surface area contributed by atoms with Crippen molar-refractivity contribution < 1.29 is 31.1 Å². The van der Waals surface area contributed by atoms with Crippen LogP contribution in [0.4, 0.5) is 13.2 Å². The monoisotopic (exact) mass is 466 g/mol. The molecule has 0 amide bonds. The molecule has 1 fully saturated rings. The summed E-state index contributed by atoms with van der Waals surface area (Å²) in [5.74, 6) is -0.0958. The molecule has 2 heterocycles. The third-order valence-electron chi connectivity index (χ3n) is 3.79. The van der Waals surface area contributed by atoms with E-state index in [4.69, 9.17) is 4.74 Å². The zero-order valence-electron chi connectivity index (χ0n) is 13.7. The highest BCUT2D eigenvalue weighted by Crippen LogP contribution is 2.27. The van der Waals surface area contributed by atoms with E-state index >= 15 is 0 Å². The molecule has 2 aromatic rings. The average Bonchev–Trinajstić information content (AvgIpc) is 3.05. The Labute approximate surface area is 162 Å². The Kier molecular flexibility index (Phi) is 5.63. The van der Waals surface area contributed by atoms with Crippen LogP contribution in [0.1, 0.15) is 6.42 Å². The molecule has 3 rings (SSSR count). The van der Waals surface area contributed by atoms with E-state index in [1.165, 1.54) is 4.31 Å². The molecule has 0 radical (unpaired) electrons. The maximum atomic E-state index is 12.7. The summed E-state index contributed by atoms with van der Waals surface area (Å²) < 4.78 is 73.4. The number of aromatic nitrogens is 1. The van der Waals surface area contributed by atoms with Gasteiger partial charge in [-0.15, -0.1) is 13.2 Å². The second kappa shape index (κ2) is 7.64. The predicted molar refractivity (Wildman–Crippen MR) is 92.9 cm³/mol. The zero-order chi connectivity index (χ0) is 19.7. The third kappa shape index (κ3) is 5.11. The Balaban J connectivity index is 1.66. The van der Waals surface area contributed by atoms with Gasteiger partial charge in [-0.05, 0) is 52.7 Å². The number of alkyl halides is 3. The van der Waals surface area contributed by atoms with Crippen LogP contribution in [0, 0.1) is 0 Å². The smallest absolute Gasteiger partial charge is 0.473 e. The molecular weight excluding hydrogens is 453 g/mol. The van der Waals surface area contributed by atoms with Crippen LogP contribution in [-0.2, 0) is 10.0 Å². The van der Waals surface area contributed by atoms with Crippen molar-refractivity contribution in [3.05, 3.63) is 47.1 Å². The van der Waals surface area contributed by atoms with Crippen molar-refractivity contribution in [2.45, 2.75) is 23.8 Å². The normalized spacial score (nSPS) is 18.4. The summed E-state index contributed by atoms with van der Waals surface area (Å²) in [5.41, 5.74) is 0. The van der Waals surface area contributed by atoms with Crippen LogP contribution < -0.4 is 9.47 Å². The van der Waals surface area contributed by atoms with Crippen molar-refractivity contribution in [3.8, 4) is 11.6 Å². The van der Waals surface area contributed by atoms with E-state index in [9.17, 15) is 21.6 Å². The lowest BCUT2D eigenvalue weighted by Gasteiger charge is -2.17. The van der Waals surface area contributed by atoms with Gasteiger partial charge in [0.05, 0.1) is 11.4 Å². The van der Waals surface area contributed by atoms with Gasteiger partial charge >= 0.3 is 6.36 Å². The van der Waals surface area contributed by atoms with Crippen molar-refractivity contribution in [2.75, 3.05) is 13.1 Å². The highest BCUT2D eigenvalue weighted by molar-refractivity contribution is 9.10. The van der Waals surface area contributed by atoms with Crippen molar-refractivity contribution in [1.29, 1.82) is 0 Å². The molecule has 1 aromatic carbocycles. The van der Waals surface area contributed by atoms with E-state index in [1.54, 1.807) is 18.3 Å². The van der Waals surface area contributed by atoms with E-state index in [0.717, 1.165) is 28.7 Å². The van der Waals surface area contributed by atoms with Gasteiger partial charge in [-0.2, -0.15) is 4.31 Å². The molecule has 0 N–H and O–H groups in total. The van der Waals surface area contributed by atoms with Crippen molar-refractivity contribution >= 4 is 26.0 Å². The molecule has 1 aliphatic heterocycles. The van der Waals surface area contributed by atoms with Gasteiger partial charge in [-0.1, -0.05) is 0 Å². The molecule has 1 saturated heterocycles. The Morgan fingerprint density at radius 1 is 1.15 bits per heavy atom. The topological polar surface area (TPSA) is 68.7 Å². The molecule has 1 aliphatic rings. The summed E-state index contributed by atoms with van der Waals surface area (Å²) in [6.07, 6.45) is -3.14. The molecule has 0 spiro atoms. The molecule has 1 aromatic heterocycles. The minimum Gasteiger partial charge on any atom is -0.473 e. The molecule has 0 aliphatic carbocycles. The first-order valence-electron chi connectivity index (χ1n) is 7.78. The fourth-order valence-corrected chi connectivity index (χ4v) is 4.30. The van der Waals surface area contributed by atoms with Crippen LogP contribution in [-0.4, -0.2) is 43.3 Å². The Hall–Kier alpha value is -1.85. The number of sulfonamides is 1. The number of benzene rings is 1. The van der Waals surface area contributed by atoms with Crippen LogP contribution >= 0.6 is 15.9 Å². The fourth-order valence-electron chi connectivity index (χ4n) is 2.58. The number of hydrogen-bond donors (Lipinski definition) is 0. The van der Waals surface area contributed by atoms with E-state index in [-0.39, 0.29) is 24.1 Å². The largest absolute Gasteiger partial charge is 0.573 e. The first-order chi connectivity index (χ1) is 12.6. The summed E-state index contributed by atoms with van der Waals surface area (Å²) in [6, 6.07) is 7.53. The molecule has 146 valence electrons. The van der Waals surface area contributed by atoms with E-state index < -0.39 is 22.1 Å². The molecular formula is C16H14BrF3N2O4S. The fraction of sp³-hybridized carbons (Fsp3) is 0.312. The highest BCUT2D eigenvalue weighted by atomic mass is 79.9. The van der Waals surface area contributed by atoms with Gasteiger partial charge in [-0.25, -0.2) is 13.4 Å². The van der Waals surface area contributed by atoms with E-state index in [0.29, 0.717) is 12.3 Å².